The van der Waals surface area contributed by atoms with Gasteiger partial charge in [-0.2, -0.15) is 5.26 Å². The zero-order valence-electron chi connectivity index (χ0n) is 11.3. The van der Waals surface area contributed by atoms with E-state index in [0.717, 1.165) is 41.8 Å². The highest BCUT2D eigenvalue weighted by atomic mass is 35.5. The molecule has 0 spiro atoms. The van der Waals surface area contributed by atoms with Gasteiger partial charge < -0.3 is 10.6 Å². The van der Waals surface area contributed by atoms with Crippen LogP contribution in [-0.4, -0.2) is 24.1 Å². The Hall–Kier alpha value is -1.83. The fourth-order valence-electron chi connectivity index (χ4n) is 2.70. The van der Waals surface area contributed by atoms with Crippen molar-refractivity contribution in [2.75, 3.05) is 18.0 Å². The largest absolute Gasteiger partial charge is 0.354 e. The van der Waals surface area contributed by atoms with Gasteiger partial charge in [0.25, 0.3) is 0 Å². The van der Waals surface area contributed by atoms with Crippen molar-refractivity contribution in [2.45, 2.75) is 19.4 Å². The molecule has 0 radical (unpaired) electrons. The van der Waals surface area contributed by atoms with E-state index in [-0.39, 0.29) is 18.4 Å². The number of para-hydroxylation sites is 1. The summed E-state index contributed by atoms with van der Waals surface area (Å²) in [5.74, 6) is 0.784. The molecule has 0 aliphatic carbocycles. The third-order valence-corrected chi connectivity index (χ3v) is 3.77. The Bertz CT molecular complexity index is 677. The van der Waals surface area contributed by atoms with Crippen LogP contribution in [0.3, 0.4) is 0 Å². The smallest absolute Gasteiger partial charge is 0.147 e. The first-order chi connectivity index (χ1) is 9.20. The van der Waals surface area contributed by atoms with Gasteiger partial charge >= 0.3 is 0 Å². The van der Waals surface area contributed by atoms with Crippen LogP contribution in [0, 0.1) is 18.3 Å². The lowest BCUT2D eigenvalue weighted by molar-refractivity contribution is 0.751. The summed E-state index contributed by atoms with van der Waals surface area (Å²) in [7, 11) is 0. The highest BCUT2D eigenvalue weighted by Gasteiger charge is 2.24. The fraction of sp³-hybridized carbons (Fsp3) is 0.333. The van der Waals surface area contributed by atoms with Gasteiger partial charge in [0, 0.05) is 24.5 Å². The molecule has 2 aromatic rings. The van der Waals surface area contributed by atoms with Gasteiger partial charge in [-0.25, -0.2) is 4.98 Å². The lowest BCUT2D eigenvalue weighted by Crippen LogP contribution is -2.27. The first-order valence-corrected chi connectivity index (χ1v) is 6.50. The maximum Gasteiger partial charge on any atom is 0.147 e. The molecule has 104 valence electrons. The third-order valence-electron chi connectivity index (χ3n) is 3.77. The molecular formula is C15H17ClN4. The van der Waals surface area contributed by atoms with E-state index < -0.39 is 0 Å². The molecule has 1 aliphatic rings. The van der Waals surface area contributed by atoms with Gasteiger partial charge in [-0.1, -0.05) is 18.2 Å². The molecule has 1 atom stereocenters. The van der Waals surface area contributed by atoms with Crippen molar-refractivity contribution in [3.05, 3.63) is 35.4 Å². The minimum atomic E-state index is 0. The molecule has 1 aliphatic heterocycles. The summed E-state index contributed by atoms with van der Waals surface area (Å²) in [6, 6.07) is 10.4. The highest BCUT2D eigenvalue weighted by molar-refractivity contribution is 5.87. The molecule has 20 heavy (non-hydrogen) atoms. The zero-order valence-corrected chi connectivity index (χ0v) is 12.2. The average molecular weight is 289 g/mol. The van der Waals surface area contributed by atoms with Gasteiger partial charge in [0.05, 0.1) is 11.1 Å². The van der Waals surface area contributed by atoms with Crippen molar-refractivity contribution in [2.24, 2.45) is 5.73 Å². The summed E-state index contributed by atoms with van der Waals surface area (Å²) in [6.45, 7) is 3.64. The van der Waals surface area contributed by atoms with Crippen LogP contribution in [0.25, 0.3) is 10.9 Å². The minimum Gasteiger partial charge on any atom is -0.354 e. The lowest BCUT2D eigenvalue weighted by Gasteiger charge is -2.20. The van der Waals surface area contributed by atoms with E-state index in [1.807, 2.05) is 31.2 Å². The second-order valence-corrected chi connectivity index (χ2v) is 5.06. The van der Waals surface area contributed by atoms with Gasteiger partial charge in [-0.3, -0.25) is 0 Å². The molecule has 0 saturated carbocycles. The van der Waals surface area contributed by atoms with Crippen molar-refractivity contribution in [3.63, 3.8) is 0 Å². The molecule has 2 heterocycles. The summed E-state index contributed by atoms with van der Waals surface area (Å²) in [4.78, 5) is 6.80. The highest BCUT2D eigenvalue weighted by Crippen LogP contribution is 2.29. The SMILES string of the molecule is Cc1c(C#N)c(N2CC[C@@H](N)C2)nc2ccccc12.Cl. The first kappa shape index (κ1) is 14.6. The predicted octanol–water partition coefficient (Wildman–Crippen LogP) is 2.37. The van der Waals surface area contributed by atoms with Crippen LogP contribution in [-0.2, 0) is 0 Å². The number of nitriles is 1. The van der Waals surface area contributed by atoms with Crippen molar-refractivity contribution in [1.29, 1.82) is 5.26 Å². The molecule has 0 unspecified atom stereocenters. The summed E-state index contributed by atoms with van der Waals surface area (Å²) in [6.07, 6.45) is 0.957. The number of nitrogens with zero attached hydrogens (tertiary/aromatic N) is 3. The Morgan fingerprint density at radius 3 is 2.80 bits per heavy atom. The Morgan fingerprint density at radius 2 is 2.15 bits per heavy atom. The first-order valence-electron chi connectivity index (χ1n) is 6.50. The van der Waals surface area contributed by atoms with Gasteiger partial charge in [-0.05, 0) is 25.0 Å². The summed E-state index contributed by atoms with van der Waals surface area (Å²) >= 11 is 0. The van der Waals surface area contributed by atoms with Crippen molar-refractivity contribution >= 4 is 29.1 Å². The number of rotatable bonds is 1. The number of hydrogen-bond acceptors (Lipinski definition) is 4. The van der Waals surface area contributed by atoms with E-state index in [1.165, 1.54) is 0 Å². The van der Waals surface area contributed by atoms with E-state index in [4.69, 9.17) is 5.73 Å². The average Bonchev–Trinajstić information content (AvgIpc) is 2.85. The fourth-order valence-corrected chi connectivity index (χ4v) is 2.70. The Balaban J connectivity index is 0.00000147. The number of benzene rings is 1. The van der Waals surface area contributed by atoms with Crippen LogP contribution in [0.15, 0.2) is 24.3 Å². The second kappa shape index (κ2) is 5.66. The maximum atomic E-state index is 9.44. The lowest BCUT2D eigenvalue weighted by atomic mass is 10.0. The molecular weight excluding hydrogens is 272 g/mol. The van der Waals surface area contributed by atoms with Crippen LogP contribution < -0.4 is 10.6 Å². The topological polar surface area (TPSA) is 65.9 Å². The van der Waals surface area contributed by atoms with Crippen LogP contribution in [0.2, 0.25) is 0 Å². The molecule has 5 heteroatoms. The number of nitrogens with two attached hydrogens (primary N) is 1. The molecule has 3 rings (SSSR count). The molecule has 2 N–H and O–H groups in total. The van der Waals surface area contributed by atoms with Gasteiger partial charge in [0.15, 0.2) is 0 Å². The number of anilines is 1. The molecule has 1 aromatic heterocycles. The number of hydrogen-bond donors (Lipinski definition) is 1. The quantitative estimate of drug-likeness (QED) is 0.875. The van der Waals surface area contributed by atoms with Crippen LogP contribution in [0.4, 0.5) is 5.82 Å². The van der Waals surface area contributed by atoms with Gasteiger partial charge in [0.2, 0.25) is 0 Å². The van der Waals surface area contributed by atoms with Gasteiger partial charge in [0.1, 0.15) is 11.9 Å². The molecule has 1 fully saturated rings. The number of aryl methyl sites for hydroxylation is 1. The number of halogens is 1. The Morgan fingerprint density at radius 1 is 1.40 bits per heavy atom. The van der Waals surface area contributed by atoms with Crippen LogP contribution in [0.5, 0.6) is 0 Å². The number of fused-ring (bicyclic) bond motifs is 1. The van der Waals surface area contributed by atoms with Gasteiger partial charge in [-0.15, -0.1) is 12.4 Å². The summed E-state index contributed by atoms with van der Waals surface area (Å²) in [5, 5.41) is 10.5. The standard InChI is InChI=1S/C15H16N4.ClH/c1-10-12-4-2-3-5-14(12)18-15(13(10)8-16)19-7-6-11(17)9-19;/h2-5,11H,6-7,9,17H2,1H3;1H/t11-;/m1./s1. The van der Waals surface area contributed by atoms with E-state index >= 15 is 0 Å². The molecule has 0 amide bonds. The van der Waals surface area contributed by atoms with E-state index in [1.54, 1.807) is 0 Å². The molecule has 0 bridgehead atoms. The zero-order chi connectivity index (χ0) is 13.4. The monoisotopic (exact) mass is 288 g/mol. The Labute approximate surface area is 124 Å². The minimum absolute atomic E-state index is 0. The molecule has 1 saturated heterocycles. The van der Waals surface area contributed by atoms with Crippen molar-refractivity contribution in [3.8, 4) is 6.07 Å². The maximum absolute atomic E-state index is 9.44. The summed E-state index contributed by atoms with van der Waals surface area (Å²) in [5.41, 5.74) is 8.57. The number of pyridine rings is 1. The molecule has 1 aromatic carbocycles. The van der Waals surface area contributed by atoms with E-state index in [9.17, 15) is 5.26 Å². The van der Waals surface area contributed by atoms with E-state index in [2.05, 4.69) is 16.0 Å². The molecule has 4 nitrogen and oxygen atoms in total. The van der Waals surface area contributed by atoms with Crippen molar-refractivity contribution < 1.29 is 0 Å². The second-order valence-electron chi connectivity index (χ2n) is 5.06. The predicted molar refractivity (Wildman–Crippen MR) is 83.2 cm³/mol. The number of aromatic nitrogens is 1. The van der Waals surface area contributed by atoms with Crippen molar-refractivity contribution in [1.82, 2.24) is 4.98 Å². The normalized spacial score (nSPS) is 17.9. The van der Waals surface area contributed by atoms with Crippen LogP contribution >= 0.6 is 12.4 Å². The third kappa shape index (κ3) is 2.31. The summed E-state index contributed by atoms with van der Waals surface area (Å²) < 4.78 is 0. The Kier molecular flexibility index (Phi) is 4.12. The van der Waals surface area contributed by atoms with E-state index in [0.29, 0.717) is 5.56 Å². The van der Waals surface area contributed by atoms with Crippen LogP contribution in [0.1, 0.15) is 17.5 Å².